The predicted molar refractivity (Wildman–Crippen MR) is 171 cm³/mol. The maximum Gasteiger partial charge on any atom is 0.516 e. The van der Waals surface area contributed by atoms with Gasteiger partial charge in [-0.1, -0.05) is 121 Å². The van der Waals surface area contributed by atoms with Crippen LogP contribution in [-0.4, -0.2) is 24.2 Å². The highest BCUT2D eigenvalue weighted by Gasteiger charge is 2.25. The molecule has 0 atom stereocenters. The van der Waals surface area contributed by atoms with Crippen molar-refractivity contribution in [1.29, 1.82) is 0 Å². The third kappa shape index (κ3) is 10.6. The first-order valence-electron chi connectivity index (χ1n) is 16.0. The Balaban J connectivity index is 1.74. The molecule has 0 amide bonds. The van der Waals surface area contributed by atoms with E-state index >= 15 is 4.39 Å². The summed E-state index contributed by atoms with van der Waals surface area (Å²) in [6, 6.07) is 18.6. The third-order valence-corrected chi connectivity index (χ3v) is 7.47. The molecule has 7 heteroatoms. The highest BCUT2D eigenvalue weighted by molar-refractivity contribution is 5.98. The quantitative estimate of drug-likeness (QED) is 0.0660. The van der Waals surface area contributed by atoms with Crippen molar-refractivity contribution in [2.45, 2.75) is 104 Å². The van der Waals surface area contributed by atoms with Crippen LogP contribution in [0.25, 0.3) is 22.3 Å². The van der Waals surface area contributed by atoms with Crippen molar-refractivity contribution in [3.63, 3.8) is 0 Å². The zero-order valence-corrected chi connectivity index (χ0v) is 26.2. The van der Waals surface area contributed by atoms with Gasteiger partial charge in [0.25, 0.3) is 0 Å². The first kappa shape index (κ1) is 34.5. The van der Waals surface area contributed by atoms with Crippen molar-refractivity contribution in [3.05, 3.63) is 78.1 Å². The van der Waals surface area contributed by atoms with Gasteiger partial charge in [-0.3, -0.25) is 4.79 Å². The molecule has 0 radical (unpaired) electrons. The van der Waals surface area contributed by atoms with E-state index in [0.717, 1.165) is 32.1 Å². The summed E-state index contributed by atoms with van der Waals surface area (Å²) in [5.41, 5.74) is 1.55. The van der Waals surface area contributed by atoms with Gasteiger partial charge in [0.2, 0.25) is 0 Å². The highest BCUT2D eigenvalue weighted by Crippen LogP contribution is 2.37. The number of halogens is 1. The second kappa shape index (κ2) is 18.6. The molecule has 0 fully saturated rings. The normalized spacial score (nSPS) is 10.9. The Morgan fingerprint density at radius 1 is 0.705 bits per heavy atom. The highest BCUT2D eigenvalue weighted by atomic mass is 19.1. The van der Waals surface area contributed by atoms with Gasteiger partial charge in [-0.15, -0.1) is 0 Å². The van der Waals surface area contributed by atoms with Crippen molar-refractivity contribution in [1.82, 2.24) is 0 Å². The number of carbonyl (C=O) groups excluding carboxylic acids is 3. The number of benzene rings is 3. The standard InChI is InChI=1S/C37H45FO6/c1-4-7-8-9-10-11-15-20-33(39)42-30-23-21-27(22-24-30)31-25-26-32(35(38)34(31)28-18-13-12-14-19-28)36(40)44-37(41)43-29(16-5-2)17-6-3/h12-14,18-19,21-26,29H,4-11,15-17,20H2,1-3H3. The summed E-state index contributed by atoms with van der Waals surface area (Å²) >= 11 is 0. The molecule has 0 bridgehead atoms. The Kier molecular flexibility index (Phi) is 14.6. The first-order chi connectivity index (χ1) is 21.4. The van der Waals surface area contributed by atoms with E-state index in [1.807, 2.05) is 19.9 Å². The van der Waals surface area contributed by atoms with Crippen LogP contribution in [0.5, 0.6) is 5.75 Å². The Bertz CT molecular complexity index is 1330. The van der Waals surface area contributed by atoms with Gasteiger partial charge in [-0.2, -0.15) is 0 Å². The van der Waals surface area contributed by atoms with Gasteiger partial charge < -0.3 is 14.2 Å². The molecule has 0 unspecified atom stereocenters. The molecule has 0 saturated carbocycles. The largest absolute Gasteiger partial charge is 0.516 e. The van der Waals surface area contributed by atoms with E-state index in [0.29, 0.717) is 41.7 Å². The van der Waals surface area contributed by atoms with E-state index in [1.165, 1.54) is 31.7 Å². The van der Waals surface area contributed by atoms with Crippen LogP contribution in [0.1, 0.15) is 108 Å². The molecule has 44 heavy (non-hydrogen) atoms. The molecule has 3 aromatic rings. The molecule has 0 saturated heterocycles. The van der Waals surface area contributed by atoms with E-state index in [2.05, 4.69) is 6.92 Å². The number of hydrogen-bond acceptors (Lipinski definition) is 6. The van der Waals surface area contributed by atoms with Gasteiger partial charge in [0.15, 0.2) is 0 Å². The summed E-state index contributed by atoms with van der Waals surface area (Å²) < 4.78 is 31.8. The molecule has 0 aliphatic heterocycles. The van der Waals surface area contributed by atoms with E-state index in [-0.39, 0.29) is 23.2 Å². The van der Waals surface area contributed by atoms with Gasteiger partial charge in [0.1, 0.15) is 17.7 Å². The van der Waals surface area contributed by atoms with E-state index < -0.39 is 17.9 Å². The lowest BCUT2D eigenvalue weighted by Gasteiger charge is -2.17. The van der Waals surface area contributed by atoms with Crippen LogP contribution >= 0.6 is 0 Å². The second-order valence-corrected chi connectivity index (χ2v) is 11.0. The maximum absolute atomic E-state index is 16.1. The van der Waals surface area contributed by atoms with Crippen molar-refractivity contribution in [2.75, 3.05) is 0 Å². The Labute approximate surface area is 260 Å². The molecule has 0 spiro atoms. The van der Waals surface area contributed by atoms with Gasteiger partial charge in [-0.25, -0.2) is 14.0 Å². The summed E-state index contributed by atoms with van der Waals surface area (Å²) in [6.45, 7) is 6.14. The van der Waals surface area contributed by atoms with Crippen LogP contribution in [0.15, 0.2) is 66.7 Å². The minimum absolute atomic E-state index is 0.187. The Morgan fingerprint density at radius 2 is 1.34 bits per heavy atom. The Hall–Kier alpha value is -4.00. The van der Waals surface area contributed by atoms with Crippen molar-refractivity contribution >= 4 is 18.1 Å². The van der Waals surface area contributed by atoms with Crippen LogP contribution in [0.2, 0.25) is 0 Å². The lowest BCUT2D eigenvalue weighted by molar-refractivity contribution is -0.134. The van der Waals surface area contributed by atoms with E-state index in [9.17, 15) is 14.4 Å². The molecule has 0 aliphatic carbocycles. The number of ether oxygens (including phenoxy) is 3. The first-order valence-corrected chi connectivity index (χ1v) is 16.0. The molecule has 0 aromatic heterocycles. The van der Waals surface area contributed by atoms with Crippen molar-refractivity contribution in [3.8, 4) is 28.0 Å². The third-order valence-electron chi connectivity index (χ3n) is 7.47. The SMILES string of the molecule is CCCCCCCCCC(=O)Oc1ccc(-c2ccc(C(=O)OC(=O)OC(CCC)CCC)c(F)c2-c2ccccc2)cc1. The number of unbranched alkanes of at least 4 members (excludes halogenated alkanes) is 6. The molecule has 6 nitrogen and oxygen atoms in total. The zero-order valence-electron chi connectivity index (χ0n) is 26.2. The van der Waals surface area contributed by atoms with Gasteiger partial charge in [0, 0.05) is 12.0 Å². The Morgan fingerprint density at radius 3 is 1.98 bits per heavy atom. The average molecular weight is 605 g/mol. The molecule has 0 N–H and O–H groups in total. The minimum Gasteiger partial charge on any atom is -0.431 e. The summed E-state index contributed by atoms with van der Waals surface area (Å²) in [5.74, 6) is -1.80. The van der Waals surface area contributed by atoms with E-state index in [1.54, 1.807) is 54.6 Å². The van der Waals surface area contributed by atoms with Gasteiger partial charge in [-0.05, 0) is 54.2 Å². The fraction of sp³-hybridized carbons (Fsp3) is 0.432. The number of hydrogen-bond donors (Lipinski definition) is 0. The molecular weight excluding hydrogens is 559 g/mol. The van der Waals surface area contributed by atoms with Crippen LogP contribution in [0, 0.1) is 5.82 Å². The smallest absolute Gasteiger partial charge is 0.431 e. The molecule has 3 aromatic carbocycles. The molecule has 0 heterocycles. The molecular formula is C37H45FO6. The fourth-order valence-electron chi connectivity index (χ4n) is 5.17. The van der Waals surface area contributed by atoms with Gasteiger partial charge in [0.05, 0.1) is 5.56 Å². The lowest BCUT2D eigenvalue weighted by atomic mass is 9.92. The topological polar surface area (TPSA) is 78.9 Å². The van der Waals surface area contributed by atoms with Crippen LogP contribution in [-0.2, 0) is 14.3 Å². The fourth-order valence-corrected chi connectivity index (χ4v) is 5.17. The van der Waals surface area contributed by atoms with Crippen LogP contribution in [0.4, 0.5) is 9.18 Å². The monoisotopic (exact) mass is 604 g/mol. The summed E-state index contributed by atoms with van der Waals surface area (Å²) in [4.78, 5) is 37.6. The summed E-state index contributed by atoms with van der Waals surface area (Å²) in [6.07, 6.45) is 9.62. The zero-order chi connectivity index (χ0) is 31.7. The lowest BCUT2D eigenvalue weighted by Crippen LogP contribution is -2.22. The molecule has 236 valence electrons. The number of carbonyl (C=O) groups is 3. The number of rotatable bonds is 17. The van der Waals surface area contributed by atoms with E-state index in [4.69, 9.17) is 14.2 Å². The minimum atomic E-state index is -1.14. The average Bonchev–Trinajstić information content (AvgIpc) is 3.01. The summed E-state index contributed by atoms with van der Waals surface area (Å²) in [5, 5.41) is 0. The maximum atomic E-state index is 16.1. The second-order valence-electron chi connectivity index (χ2n) is 11.0. The van der Waals surface area contributed by atoms with Crippen molar-refractivity contribution < 1.29 is 33.0 Å². The summed E-state index contributed by atoms with van der Waals surface area (Å²) in [7, 11) is 0. The molecule has 0 aliphatic rings. The van der Waals surface area contributed by atoms with Crippen LogP contribution < -0.4 is 4.74 Å². The van der Waals surface area contributed by atoms with Crippen molar-refractivity contribution in [2.24, 2.45) is 0 Å². The predicted octanol–water partition coefficient (Wildman–Crippen LogP) is 10.5. The molecule has 3 rings (SSSR count). The van der Waals surface area contributed by atoms with Crippen LogP contribution in [0.3, 0.4) is 0 Å². The van der Waals surface area contributed by atoms with Gasteiger partial charge >= 0.3 is 18.1 Å². The number of esters is 2.